The van der Waals surface area contributed by atoms with Gasteiger partial charge in [0.2, 0.25) is 11.8 Å². The first kappa shape index (κ1) is 20.4. The topological polar surface area (TPSA) is 106 Å². The molecule has 0 aliphatic carbocycles. The number of ether oxygens (including phenoxy) is 1. The van der Waals surface area contributed by atoms with Gasteiger partial charge in [-0.1, -0.05) is 42.1 Å². The lowest BCUT2D eigenvalue weighted by Crippen LogP contribution is -2.39. The van der Waals surface area contributed by atoms with Gasteiger partial charge >= 0.3 is 6.03 Å². The van der Waals surface area contributed by atoms with Gasteiger partial charge in [-0.2, -0.15) is 0 Å². The summed E-state index contributed by atoms with van der Waals surface area (Å²) in [6.07, 6.45) is 0.143. The van der Waals surface area contributed by atoms with Crippen molar-refractivity contribution in [3.63, 3.8) is 0 Å². The van der Waals surface area contributed by atoms with Crippen LogP contribution >= 0.6 is 11.8 Å². The number of benzene rings is 2. The van der Waals surface area contributed by atoms with Gasteiger partial charge in [-0.25, -0.2) is 4.79 Å². The van der Waals surface area contributed by atoms with Crippen molar-refractivity contribution >= 4 is 23.7 Å². The van der Waals surface area contributed by atoms with E-state index in [1.165, 1.54) is 11.8 Å². The van der Waals surface area contributed by atoms with Crippen molar-refractivity contribution < 1.29 is 18.7 Å². The number of imide groups is 1. The average molecular weight is 412 g/mol. The van der Waals surface area contributed by atoms with Crippen molar-refractivity contribution in [1.82, 2.24) is 20.8 Å². The molecule has 8 nitrogen and oxygen atoms in total. The van der Waals surface area contributed by atoms with Crippen LogP contribution in [0.5, 0.6) is 5.75 Å². The molecule has 0 aliphatic heterocycles. The molecule has 0 saturated carbocycles. The van der Waals surface area contributed by atoms with Crippen LogP contribution in [-0.4, -0.2) is 35.0 Å². The van der Waals surface area contributed by atoms with Crippen molar-refractivity contribution in [3.05, 3.63) is 60.2 Å². The summed E-state index contributed by atoms with van der Waals surface area (Å²) in [5, 5.41) is 13.3. The number of rotatable bonds is 8. The third-order valence-electron chi connectivity index (χ3n) is 3.85. The predicted octanol–water partition coefficient (Wildman–Crippen LogP) is 3.25. The predicted molar refractivity (Wildman–Crippen MR) is 108 cm³/mol. The van der Waals surface area contributed by atoms with Gasteiger partial charge in [0.15, 0.2) is 0 Å². The number of urea groups is 1. The Kier molecular flexibility index (Phi) is 7.23. The van der Waals surface area contributed by atoms with Crippen LogP contribution < -0.4 is 15.4 Å². The molecule has 2 aromatic carbocycles. The molecule has 9 heteroatoms. The lowest BCUT2D eigenvalue weighted by molar-refractivity contribution is -0.119. The summed E-state index contributed by atoms with van der Waals surface area (Å²) in [5.74, 6) is 1.15. The Morgan fingerprint density at radius 2 is 1.83 bits per heavy atom. The normalized spacial score (nSPS) is 10.4. The maximum Gasteiger partial charge on any atom is 0.321 e. The lowest BCUT2D eigenvalue weighted by atomic mass is 10.2. The Hall–Kier alpha value is -3.33. The Morgan fingerprint density at radius 3 is 2.55 bits per heavy atom. The lowest BCUT2D eigenvalue weighted by Gasteiger charge is -2.06. The monoisotopic (exact) mass is 412 g/mol. The van der Waals surface area contributed by atoms with E-state index in [1.54, 1.807) is 19.2 Å². The van der Waals surface area contributed by atoms with Crippen LogP contribution in [0.4, 0.5) is 4.79 Å². The third kappa shape index (κ3) is 6.35. The summed E-state index contributed by atoms with van der Waals surface area (Å²) in [4.78, 5) is 23.6. The van der Waals surface area contributed by atoms with Crippen LogP contribution in [0.15, 0.2) is 64.2 Å². The van der Waals surface area contributed by atoms with Crippen LogP contribution in [-0.2, 0) is 11.3 Å². The molecule has 3 amide bonds. The molecule has 1 heterocycles. The molecule has 1 aromatic heterocycles. The fourth-order valence-corrected chi connectivity index (χ4v) is 3.06. The number of hydrogen-bond donors (Lipinski definition) is 2. The average Bonchev–Trinajstić information content (AvgIpc) is 3.22. The number of aromatic nitrogens is 2. The fourth-order valence-electron chi connectivity index (χ4n) is 2.36. The SMILES string of the molecule is COc1ccc(-c2nnc(SCCC(=O)NC(=O)NCc3ccccc3)o2)cc1. The summed E-state index contributed by atoms with van der Waals surface area (Å²) in [5.41, 5.74) is 1.73. The molecule has 3 rings (SSSR count). The van der Waals surface area contributed by atoms with E-state index in [0.29, 0.717) is 23.4 Å². The van der Waals surface area contributed by atoms with E-state index in [0.717, 1.165) is 16.9 Å². The molecule has 150 valence electrons. The minimum Gasteiger partial charge on any atom is -0.497 e. The van der Waals surface area contributed by atoms with Crippen LogP contribution in [0.2, 0.25) is 0 Å². The fraction of sp³-hybridized carbons (Fsp3) is 0.200. The van der Waals surface area contributed by atoms with E-state index >= 15 is 0 Å². The summed E-state index contributed by atoms with van der Waals surface area (Å²) in [7, 11) is 1.60. The third-order valence-corrected chi connectivity index (χ3v) is 4.67. The molecular formula is C20H20N4O4S. The molecule has 0 unspecified atom stereocenters. The highest BCUT2D eigenvalue weighted by molar-refractivity contribution is 7.99. The maximum absolute atomic E-state index is 11.9. The van der Waals surface area contributed by atoms with Crippen molar-refractivity contribution in [2.24, 2.45) is 0 Å². The van der Waals surface area contributed by atoms with Crippen LogP contribution in [0, 0.1) is 0 Å². The van der Waals surface area contributed by atoms with Crippen LogP contribution in [0.1, 0.15) is 12.0 Å². The van der Waals surface area contributed by atoms with Crippen molar-refractivity contribution in [2.45, 2.75) is 18.2 Å². The zero-order valence-electron chi connectivity index (χ0n) is 15.8. The zero-order valence-corrected chi connectivity index (χ0v) is 16.6. The quantitative estimate of drug-likeness (QED) is 0.547. The van der Waals surface area contributed by atoms with Crippen molar-refractivity contribution in [2.75, 3.05) is 12.9 Å². The Balaban J connectivity index is 1.38. The number of nitrogens with zero attached hydrogens (tertiary/aromatic N) is 2. The summed E-state index contributed by atoms with van der Waals surface area (Å²) < 4.78 is 10.7. The standard InChI is InChI=1S/C20H20N4O4S/c1-27-16-9-7-15(8-10-16)18-23-24-20(28-18)29-12-11-17(25)22-19(26)21-13-14-5-3-2-4-6-14/h2-10H,11-13H2,1H3,(H2,21,22,25,26). The first-order valence-corrected chi connectivity index (χ1v) is 9.85. The Bertz CT molecular complexity index is 945. The van der Waals surface area contributed by atoms with Crippen molar-refractivity contribution in [3.8, 4) is 17.2 Å². The second-order valence-electron chi connectivity index (χ2n) is 5.92. The summed E-state index contributed by atoms with van der Waals surface area (Å²) in [6, 6.07) is 16.2. The van der Waals surface area contributed by atoms with E-state index in [2.05, 4.69) is 20.8 Å². The number of hydrogen-bond acceptors (Lipinski definition) is 7. The van der Waals surface area contributed by atoms with E-state index in [1.807, 2.05) is 42.5 Å². The highest BCUT2D eigenvalue weighted by atomic mass is 32.2. The van der Waals surface area contributed by atoms with E-state index in [-0.39, 0.29) is 12.3 Å². The van der Waals surface area contributed by atoms with E-state index < -0.39 is 6.03 Å². The van der Waals surface area contributed by atoms with Crippen LogP contribution in [0.3, 0.4) is 0 Å². The molecule has 0 atom stereocenters. The van der Waals surface area contributed by atoms with Gasteiger partial charge in [-0.15, -0.1) is 10.2 Å². The second-order valence-corrected chi connectivity index (χ2v) is 6.96. The maximum atomic E-state index is 11.9. The number of carbonyl (C=O) groups is 2. The molecule has 29 heavy (non-hydrogen) atoms. The largest absolute Gasteiger partial charge is 0.497 e. The molecule has 0 radical (unpaired) electrons. The van der Waals surface area contributed by atoms with Gasteiger partial charge in [0.25, 0.3) is 5.22 Å². The summed E-state index contributed by atoms with van der Waals surface area (Å²) in [6.45, 7) is 0.352. The molecule has 2 N–H and O–H groups in total. The molecular weight excluding hydrogens is 392 g/mol. The smallest absolute Gasteiger partial charge is 0.321 e. The van der Waals surface area contributed by atoms with E-state index in [4.69, 9.17) is 9.15 Å². The highest BCUT2D eigenvalue weighted by Gasteiger charge is 2.11. The zero-order chi connectivity index (χ0) is 20.5. The molecule has 0 bridgehead atoms. The van der Waals surface area contributed by atoms with Gasteiger partial charge < -0.3 is 14.5 Å². The number of nitrogens with one attached hydrogen (secondary N) is 2. The molecule has 3 aromatic rings. The summed E-state index contributed by atoms with van der Waals surface area (Å²) >= 11 is 1.25. The number of carbonyl (C=O) groups excluding carboxylic acids is 2. The molecule has 0 saturated heterocycles. The number of methoxy groups -OCH3 is 1. The minimum absolute atomic E-state index is 0.143. The minimum atomic E-state index is -0.525. The first-order chi connectivity index (χ1) is 14.1. The van der Waals surface area contributed by atoms with Crippen LogP contribution in [0.25, 0.3) is 11.5 Å². The van der Waals surface area contributed by atoms with Gasteiger partial charge in [0, 0.05) is 24.3 Å². The first-order valence-electron chi connectivity index (χ1n) is 8.86. The second kappa shape index (κ2) is 10.3. The van der Waals surface area contributed by atoms with Gasteiger partial charge in [0.1, 0.15) is 5.75 Å². The molecule has 0 fully saturated rings. The Morgan fingerprint density at radius 1 is 1.07 bits per heavy atom. The van der Waals surface area contributed by atoms with E-state index in [9.17, 15) is 9.59 Å². The number of thioether (sulfide) groups is 1. The Labute approximate surface area is 172 Å². The van der Waals surface area contributed by atoms with Gasteiger partial charge in [-0.3, -0.25) is 10.1 Å². The highest BCUT2D eigenvalue weighted by Crippen LogP contribution is 2.25. The van der Waals surface area contributed by atoms with Gasteiger partial charge in [-0.05, 0) is 29.8 Å². The van der Waals surface area contributed by atoms with Gasteiger partial charge in [0.05, 0.1) is 7.11 Å². The molecule has 0 spiro atoms. The number of amides is 3. The van der Waals surface area contributed by atoms with Crippen molar-refractivity contribution in [1.29, 1.82) is 0 Å². The molecule has 0 aliphatic rings.